The molecule has 274 valence electrons. The van der Waals surface area contributed by atoms with Gasteiger partial charge in [0.2, 0.25) is 5.88 Å². The lowest BCUT2D eigenvalue weighted by atomic mass is 10.2. The minimum Gasteiger partial charge on any atom is -0.484 e. The minimum absolute atomic E-state index is 0.0127. The summed E-state index contributed by atoms with van der Waals surface area (Å²) in [6.07, 6.45) is -7.94. The smallest absolute Gasteiger partial charge is 0.422 e. The van der Waals surface area contributed by atoms with Gasteiger partial charge in [-0.3, -0.25) is 14.4 Å². The number of amides is 1. The van der Waals surface area contributed by atoms with Crippen molar-refractivity contribution in [3.8, 4) is 17.4 Å². The van der Waals surface area contributed by atoms with Gasteiger partial charge in [-0.25, -0.2) is 13.4 Å². The van der Waals surface area contributed by atoms with Gasteiger partial charge in [0, 0.05) is 57.3 Å². The Morgan fingerprint density at radius 3 is 2.23 bits per heavy atom. The van der Waals surface area contributed by atoms with Gasteiger partial charge in [0.05, 0.1) is 27.9 Å². The predicted octanol–water partition coefficient (Wildman–Crippen LogP) is 7.08. The Hall–Kier alpha value is -5.29. The second kappa shape index (κ2) is 14.4. The van der Waals surface area contributed by atoms with Gasteiger partial charge < -0.3 is 18.9 Å². The molecule has 2 aromatic heterocycles. The molecule has 1 saturated heterocycles. The molecule has 3 aromatic carbocycles. The average molecular weight is 748 g/mol. The fourth-order valence-corrected chi connectivity index (χ4v) is 6.73. The van der Waals surface area contributed by atoms with E-state index in [1.54, 1.807) is 52.9 Å². The number of aryl methyl sites for hydroxylation is 1. The van der Waals surface area contributed by atoms with Gasteiger partial charge in [0.25, 0.3) is 15.9 Å². The maximum absolute atomic E-state index is 13.5. The summed E-state index contributed by atoms with van der Waals surface area (Å²) in [6, 6.07) is 19.6. The molecule has 1 amide bonds. The molecular formula is C35H31F6N5O5S. The monoisotopic (exact) mass is 747 g/mol. The molecule has 1 aliphatic rings. The number of nitrogens with zero attached hydrogens (tertiary/aromatic N) is 4. The topological polar surface area (TPSA) is 106 Å². The van der Waals surface area contributed by atoms with Gasteiger partial charge in [0.15, 0.2) is 6.61 Å². The van der Waals surface area contributed by atoms with E-state index >= 15 is 0 Å². The lowest BCUT2D eigenvalue weighted by Gasteiger charge is -2.34. The number of rotatable bonds is 10. The fraction of sp³-hybridized carbons (Fsp3) is 0.257. The maximum Gasteiger partial charge on any atom is 0.422 e. The third kappa shape index (κ3) is 8.77. The van der Waals surface area contributed by atoms with E-state index in [4.69, 9.17) is 9.47 Å². The van der Waals surface area contributed by atoms with Crippen molar-refractivity contribution in [1.29, 1.82) is 0 Å². The van der Waals surface area contributed by atoms with E-state index in [2.05, 4.69) is 14.6 Å². The van der Waals surface area contributed by atoms with E-state index in [9.17, 15) is 39.6 Å². The van der Waals surface area contributed by atoms with Crippen LogP contribution in [0.15, 0.2) is 96.0 Å². The molecular weight excluding hydrogens is 716 g/mol. The number of pyridine rings is 1. The van der Waals surface area contributed by atoms with E-state index in [0.29, 0.717) is 55.8 Å². The number of alkyl halides is 6. The first-order valence-electron chi connectivity index (χ1n) is 15.8. The highest BCUT2D eigenvalue weighted by molar-refractivity contribution is 7.92. The molecule has 52 heavy (non-hydrogen) atoms. The highest BCUT2D eigenvalue weighted by Gasteiger charge is 2.32. The van der Waals surface area contributed by atoms with Crippen LogP contribution in [0.3, 0.4) is 0 Å². The van der Waals surface area contributed by atoms with Crippen LogP contribution in [-0.2, 0) is 29.8 Å². The summed E-state index contributed by atoms with van der Waals surface area (Å²) in [5.41, 5.74) is 1.03. The molecule has 0 unspecified atom stereocenters. The predicted molar refractivity (Wildman–Crippen MR) is 179 cm³/mol. The van der Waals surface area contributed by atoms with Crippen LogP contribution >= 0.6 is 0 Å². The highest BCUT2D eigenvalue weighted by atomic mass is 32.2. The normalized spacial score (nSPS) is 14.4. The summed E-state index contributed by atoms with van der Waals surface area (Å²) in [7, 11) is -2.56. The molecule has 17 heteroatoms. The molecule has 0 aliphatic carbocycles. The molecule has 3 heterocycles. The van der Waals surface area contributed by atoms with E-state index in [-0.39, 0.29) is 23.2 Å². The minimum atomic E-state index is -4.70. The molecule has 1 N–H and O–H groups in total. The van der Waals surface area contributed by atoms with Crippen LogP contribution < -0.4 is 14.2 Å². The first kappa shape index (κ1) is 36.5. The Kier molecular flexibility index (Phi) is 10.1. The van der Waals surface area contributed by atoms with Gasteiger partial charge in [-0.2, -0.15) is 26.3 Å². The Bertz CT molecular complexity index is 2160. The molecule has 0 atom stereocenters. The summed E-state index contributed by atoms with van der Waals surface area (Å²) in [4.78, 5) is 21.0. The zero-order valence-corrected chi connectivity index (χ0v) is 28.2. The van der Waals surface area contributed by atoms with Gasteiger partial charge in [-0.15, -0.1) is 0 Å². The van der Waals surface area contributed by atoms with Crippen molar-refractivity contribution in [3.05, 3.63) is 108 Å². The quantitative estimate of drug-likeness (QED) is 0.152. The number of carbonyl (C=O) groups is 1. The number of benzene rings is 3. The van der Waals surface area contributed by atoms with Gasteiger partial charge in [0.1, 0.15) is 17.2 Å². The lowest BCUT2D eigenvalue weighted by Crippen LogP contribution is -2.48. The molecule has 1 fully saturated rings. The third-order valence-electron chi connectivity index (χ3n) is 8.31. The Morgan fingerprint density at radius 2 is 1.58 bits per heavy atom. The largest absolute Gasteiger partial charge is 0.484 e. The van der Waals surface area contributed by atoms with Crippen molar-refractivity contribution < 1.29 is 49.0 Å². The molecule has 5 aromatic rings. The zero-order chi connectivity index (χ0) is 37.3. The van der Waals surface area contributed by atoms with Crippen molar-refractivity contribution in [3.63, 3.8) is 0 Å². The number of halogens is 6. The standard InChI is InChI=1S/C35H31F6N5O5S/c1-44-30-19-28(51-32-12-8-26(20-42-32)43-52(48,49)29-4-2-3-25(18-29)35(39,40)41)11-7-24(30)17-31(44)33(47)46-15-13-45(14-16-46)21-23-5-9-27(10-6-23)50-22-34(36,37)38/h2-12,17-20,43H,13-16,21-22H2,1H3. The van der Waals surface area contributed by atoms with E-state index in [1.807, 2.05) is 0 Å². The lowest BCUT2D eigenvalue weighted by molar-refractivity contribution is -0.153. The average Bonchev–Trinajstić information content (AvgIpc) is 3.43. The Morgan fingerprint density at radius 1 is 0.865 bits per heavy atom. The zero-order valence-electron chi connectivity index (χ0n) is 27.4. The van der Waals surface area contributed by atoms with Crippen LogP contribution in [0.2, 0.25) is 0 Å². The Labute approximate surface area is 294 Å². The molecule has 0 bridgehead atoms. The van der Waals surface area contributed by atoms with Crippen LogP contribution in [-0.4, -0.2) is 72.6 Å². The molecule has 0 radical (unpaired) electrons. The number of carbonyl (C=O) groups excluding carboxylic acids is 1. The number of hydrogen-bond donors (Lipinski definition) is 1. The van der Waals surface area contributed by atoms with Gasteiger partial charge in [-0.05, 0) is 60.2 Å². The fourth-order valence-electron chi connectivity index (χ4n) is 5.64. The number of nitrogens with one attached hydrogen (secondary N) is 1. The maximum atomic E-state index is 13.5. The second-order valence-corrected chi connectivity index (χ2v) is 13.7. The summed E-state index contributed by atoms with van der Waals surface area (Å²) >= 11 is 0. The van der Waals surface area contributed by atoms with Crippen LogP contribution in [0, 0.1) is 0 Å². The van der Waals surface area contributed by atoms with Crippen molar-refractivity contribution in [2.24, 2.45) is 7.05 Å². The van der Waals surface area contributed by atoms with Crippen LogP contribution in [0.1, 0.15) is 21.6 Å². The van der Waals surface area contributed by atoms with Gasteiger partial charge in [-0.1, -0.05) is 18.2 Å². The first-order valence-corrected chi connectivity index (χ1v) is 17.3. The number of hydrogen-bond acceptors (Lipinski definition) is 7. The van der Waals surface area contributed by atoms with Gasteiger partial charge >= 0.3 is 12.4 Å². The highest BCUT2D eigenvalue weighted by Crippen LogP contribution is 2.32. The number of ether oxygens (including phenoxy) is 2. The number of aromatic nitrogens is 2. The number of anilines is 1. The molecule has 0 spiro atoms. The number of sulfonamides is 1. The van der Waals surface area contributed by atoms with Crippen LogP contribution in [0.5, 0.6) is 17.4 Å². The molecule has 1 aliphatic heterocycles. The van der Waals surface area contributed by atoms with E-state index in [0.717, 1.165) is 29.1 Å². The van der Waals surface area contributed by atoms with Crippen molar-refractivity contribution in [1.82, 2.24) is 19.4 Å². The third-order valence-corrected chi connectivity index (χ3v) is 9.69. The van der Waals surface area contributed by atoms with E-state index < -0.39 is 39.4 Å². The Balaban J connectivity index is 1.04. The number of piperazine rings is 1. The summed E-state index contributed by atoms with van der Waals surface area (Å²) in [5, 5.41) is 0.798. The molecule has 0 saturated carbocycles. The molecule has 10 nitrogen and oxygen atoms in total. The molecule has 6 rings (SSSR count). The number of fused-ring (bicyclic) bond motifs is 1. The van der Waals surface area contributed by atoms with Crippen molar-refractivity contribution in [2.45, 2.75) is 23.8 Å². The van der Waals surface area contributed by atoms with E-state index in [1.165, 1.54) is 30.5 Å². The summed E-state index contributed by atoms with van der Waals surface area (Å²) in [5.74, 6) is 0.513. The van der Waals surface area contributed by atoms with Crippen LogP contribution in [0.4, 0.5) is 32.0 Å². The van der Waals surface area contributed by atoms with Crippen molar-refractivity contribution >= 4 is 32.5 Å². The first-order chi connectivity index (χ1) is 24.5. The van der Waals surface area contributed by atoms with Crippen LogP contribution in [0.25, 0.3) is 10.9 Å². The summed E-state index contributed by atoms with van der Waals surface area (Å²) < 4.78 is 116. The van der Waals surface area contributed by atoms with Crippen molar-refractivity contribution in [2.75, 3.05) is 37.5 Å². The summed E-state index contributed by atoms with van der Waals surface area (Å²) in [6.45, 7) is 1.41. The SMILES string of the molecule is Cn1c(C(=O)N2CCN(Cc3ccc(OCC(F)(F)F)cc3)CC2)cc2ccc(Oc3ccc(NS(=O)(=O)c4cccc(C(F)(F)F)c4)cn3)cc21. The second-order valence-electron chi connectivity index (χ2n) is 12.0.